The van der Waals surface area contributed by atoms with Gasteiger partial charge in [0, 0.05) is 13.6 Å². The van der Waals surface area contributed by atoms with E-state index >= 15 is 0 Å². The predicted octanol–water partition coefficient (Wildman–Crippen LogP) is 1.26. The Bertz CT molecular complexity index is 463. The molecule has 0 aliphatic heterocycles. The van der Waals surface area contributed by atoms with Crippen molar-refractivity contribution in [2.24, 2.45) is 0 Å². The summed E-state index contributed by atoms with van der Waals surface area (Å²) in [5.74, 6) is 0.0591. The van der Waals surface area contributed by atoms with Gasteiger partial charge in [-0.1, -0.05) is 30.3 Å². The van der Waals surface area contributed by atoms with Crippen molar-refractivity contribution in [1.29, 1.82) is 0 Å². The van der Waals surface area contributed by atoms with Crippen LogP contribution in [0.1, 0.15) is 19.4 Å². The summed E-state index contributed by atoms with van der Waals surface area (Å²) in [6.45, 7) is 3.29. The van der Waals surface area contributed by atoms with E-state index in [0.717, 1.165) is 5.56 Å². The zero-order chi connectivity index (χ0) is 13.8. The highest BCUT2D eigenvalue weighted by atomic mass is 32.2. The molecule has 0 saturated carbocycles. The van der Waals surface area contributed by atoms with Gasteiger partial charge in [-0.25, -0.2) is 12.7 Å². The minimum atomic E-state index is -3.32. The third kappa shape index (κ3) is 5.16. The highest BCUT2D eigenvalue weighted by Gasteiger charge is 2.24. The summed E-state index contributed by atoms with van der Waals surface area (Å²) >= 11 is 0. The first-order valence-corrected chi connectivity index (χ1v) is 7.52. The van der Waals surface area contributed by atoms with Crippen LogP contribution < -0.4 is 0 Å². The largest absolute Gasteiger partial charge is 0.389 e. The molecule has 4 nitrogen and oxygen atoms in total. The zero-order valence-electron chi connectivity index (χ0n) is 11.1. The molecule has 0 bridgehead atoms. The molecule has 1 aromatic rings. The minimum absolute atomic E-state index is 0.0591. The first-order valence-electron chi connectivity index (χ1n) is 5.91. The van der Waals surface area contributed by atoms with Gasteiger partial charge in [-0.2, -0.15) is 0 Å². The van der Waals surface area contributed by atoms with E-state index < -0.39 is 15.6 Å². The van der Waals surface area contributed by atoms with Crippen molar-refractivity contribution in [3.05, 3.63) is 35.9 Å². The van der Waals surface area contributed by atoms with Crippen LogP contribution in [0.3, 0.4) is 0 Å². The number of aliphatic hydroxyl groups is 1. The van der Waals surface area contributed by atoms with Gasteiger partial charge in [-0.05, 0) is 25.8 Å². The van der Waals surface area contributed by atoms with Crippen LogP contribution in [0, 0.1) is 0 Å². The summed E-state index contributed by atoms with van der Waals surface area (Å²) < 4.78 is 25.2. The summed E-state index contributed by atoms with van der Waals surface area (Å²) in [5.41, 5.74) is -0.0214. The monoisotopic (exact) mass is 271 g/mol. The molecule has 5 heteroatoms. The second kappa shape index (κ2) is 5.82. The van der Waals surface area contributed by atoms with Crippen LogP contribution in [0.5, 0.6) is 0 Å². The lowest BCUT2D eigenvalue weighted by atomic mass is 10.1. The van der Waals surface area contributed by atoms with Crippen LogP contribution in [0.2, 0.25) is 0 Å². The average molecular weight is 271 g/mol. The van der Waals surface area contributed by atoms with Crippen molar-refractivity contribution < 1.29 is 13.5 Å². The molecule has 0 fully saturated rings. The maximum Gasteiger partial charge on any atom is 0.214 e. The van der Waals surface area contributed by atoms with Gasteiger partial charge < -0.3 is 5.11 Å². The van der Waals surface area contributed by atoms with Crippen molar-refractivity contribution in [2.75, 3.05) is 19.3 Å². The lowest BCUT2D eigenvalue weighted by Gasteiger charge is -2.25. The third-order valence-corrected chi connectivity index (χ3v) is 4.37. The topological polar surface area (TPSA) is 57.6 Å². The number of hydrogen-bond donors (Lipinski definition) is 1. The smallest absolute Gasteiger partial charge is 0.214 e. The highest BCUT2D eigenvalue weighted by Crippen LogP contribution is 2.09. The van der Waals surface area contributed by atoms with E-state index in [1.165, 1.54) is 11.4 Å². The van der Waals surface area contributed by atoms with Crippen molar-refractivity contribution in [3.63, 3.8) is 0 Å². The molecule has 1 rings (SSSR count). The summed E-state index contributed by atoms with van der Waals surface area (Å²) in [5, 5.41) is 9.63. The Morgan fingerprint density at radius 3 is 2.28 bits per heavy atom. The summed E-state index contributed by atoms with van der Waals surface area (Å²) in [6, 6.07) is 9.50. The number of sulfonamides is 1. The fraction of sp³-hybridized carbons (Fsp3) is 0.538. The van der Waals surface area contributed by atoms with Gasteiger partial charge in [0.15, 0.2) is 0 Å². The molecule has 0 unspecified atom stereocenters. The average Bonchev–Trinajstić information content (AvgIpc) is 2.26. The molecule has 18 heavy (non-hydrogen) atoms. The van der Waals surface area contributed by atoms with E-state index in [0.29, 0.717) is 6.42 Å². The molecule has 0 heterocycles. The van der Waals surface area contributed by atoms with E-state index in [1.807, 2.05) is 30.3 Å². The Balaban J connectivity index is 2.60. The Morgan fingerprint density at radius 2 is 1.78 bits per heavy atom. The lowest BCUT2D eigenvalue weighted by Crippen LogP contribution is -2.40. The molecule has 1 aromatic carbocycles. The maximum atomic E-state index is 12.0. The standard InChI is InChI=1S/C13H21NO3S/c1-13(2,15)11-14(3)18(16,17)10-9-12-7-5-4-6-8-12/h4-8,15H,9-11H2,1-3H3. The van der Waals surface area contributed by atoms with Crippen LogP contribution in [0.15, 0.2) is 30.3 Å². The zero-order valence-corrected chi connectivity index (χ0v) is 11.9. The normalized spacial score (nSPS) is 12.9. The highest BCUT2D eigenvalue weighted by molar-refractivity contribution is 7.89. The summed E-state index contributed by atoms with van der Waals surface area (Å²) in [6.07, 6.45) is 0.485. The second-order valence-corrected chi connectivity index (χ2v) is 7.32. The SMILES string of the molecule is CN(CC(C)(C)O)S(=O)(=O)CCc1ccccc1. The Labute approximate surface area is 109 Å². The molecule has 0 aliphatic rings. The second-order valence-electron chi connectivity index (χ2n) is 5.12. The van der Waals surface area contributed by atoms with E-state index in [9.17, 15) is 13.5 Å². The Morgan fingerprint density at radius 1 is 1.22 bits per heavy atom. The van der Waals surface area contributed by atoms with Crippen molar-refractivity contribution in [3.8, 4) is 0 Å². The van der Waals surface area contributed by atoms with E-state index in [-0.39, 0.29) is 12.3 Å². The van der Waals surface area contributed by atoms with E-state index in [2.05, 4.69) is 0 Å². The van der Waals surface area contributed by atoms with Crippen LogP contribution in [0.4, 0.5) is 0 Å². The van der Waals surface area contributed by atoms with Crippen LogP contribution in [-0.4, -0.2) is 42.8 Å². The fourth-order valence-electron chi connectivity index (χ4n) is 1.69. The molecule has 0 aliphatic carbocycles. The molecular formula is C13H21NO3S. The molecule has 0 saturated heterocycles. The number of benzene rings is 1. The quantitative estimate of drug-likeness (QED) is 0.847. The van der Waals surface area contributed by atoms with Gasteiger partial charge in [0.05, 0.1) is 11.4 Å². The van der Waals surface area contributed by atoms with Crippen molar-refractivity contribution >= 4 is 10.0 Å². The molecule has 0 radical (unpaired) electrons. The Hall–Kier alpha value is -0.910. The number of rotatable bonds is 6. The summed E-state index contributed by atoms with van der Waals surface area (Å²) in [4.78, 5) is 0. The first-order chi connectivity index (χ1) is 8.21. The van der Waals surface area contributed by atoms with Gasteiger partial charge >= 0.3 is 0 Å². The molecular weight excluding hydrogens is 250 g/mol. The van der Waals surface area contributed by atoms with Gasteiger partial charge in [0.25, 0.3) is 0 Å². The Kier molecular flexibility index (Phi) is 4.90. The lowest BCUT2D eigenvalue weighted by molar-refractivity contribution is 0.0640. The molecule has 0 amide bonds. The molecule has 1 N–H and O–H groups in total. The number of likely N-dealkylation sites (N-methyl/N-ethyl adjacent to an activating group) is 1. The van der Waals surface area contributed by atoms with Gasteiger partial charge in [0.2, 0.25) is 10.0 Å². The molecule has 0 spiro atoms. The molecule has 0 atom stereocenters. The fourth-order valence-corrected chi connectivity index (χ4v) is 3.01. The minimum Gasteiger partial charge on any atom is -0.389 e. The summed E-state index contributed by atoms with van der Waals surface area (Å²) in [7, 11) is -1.82. The number of nitrogens with zero attached hydrogens (tertiary/aromatic N) is 1. The van der Waals surface area contributed by atoms with Gasteiger partial charge in [0.1, 0.15) is 0 Å². The van der Waals surface area contributed by atoms with E-state index in [4.69, 9.17) is 0 Å². The van der Waals surface area contributed by atoms with Gasteiger partial charge in [-0.3, -0.25) is 0 Å². The predicted molar refractivity (Wildman–Crippen MR) is 72.9 cm³/mol. The number of hydrogen-bond acceptors (Lipinski definition) is 3. The number of aryl methyl sites for hydroxylation is 1. The maximum absolute atomic E-state index is 12.0. The van der Waals surface area contributed by atoms with Crippen molar-refractivity contribution in [1.82, 2.24) is 4.31 Å². The van der Waals surface area contributed by atoms with Gasteiger partial charge in [-0.15, -0.1) is 0 Å². The van der Waals surface area contributed by atoms with Crippen LogP contribution in [-0.2, 0) is 16.4 Å². The first kappa shape index (κ1) is 15.1. The van der Waals surface area contributed by atoms with E-state index in [1.54, 1.807) is 13.8 Å². The van der Waals surface area contributed by atoms with Crippen molar-refractivity contribution in [2.45, 2.75) is 25.9 Å². The third-order valence-electron chi connectivity index (χ3n) is 2.58. The molecule has 102 valence electrons. The van der Waals surface area contributed by atoms with Crippen LogP contribution >= 0.6 is 0 Å². The van der Waals surface area contributed by atoms with Crippen LogP contribution in [0.25, 0.3) is 0 Å². The molecule has 0 aromatic heterocycles.